The third-order valence-electron chi connectivity index (χ3n) is 2.62. The zero-order chi connectivity index (χ0) is 10.9. The zero-order valence-electron chi connectivity index (χ0n) is 9.67. The summed E-state index contributed by atoms with van der Waals surface area (Å²) in [5, 5.41) is 0. The molecule has 0 amide bonds. The molecule has 2 N–H and O–H groups in total. The van der Waals surface area contributed by atoms with Crippen molar-refractivity contribution in [1.29, 1.82) is 0 Å². The predicted octanol–water partition coefficient (Wildman–Crippen LogP) is 0.839. The number of nitrogens with two attached hydrogens (primary N) is 1. The molecule has 0 saturated carbocycles. The van der Waals surface area contributed by atoms with Gasteiger partial charge in [-0.15, -0.1) is 5.92 Å². The molecule has 0 bridgehead atoms. The molecular formula is C12H22N2O. The SMILES string of the molecule is CC#CCOCC(N)CN1CCCCC1. The number of piperidine rings is 1. The van der Waals surface area contributed by atoms with Crippen LogP contribution < -0.4 is 5.73 Å². The van der Waals surface area contributed by atoms with Crippen LogP contribution in [0.3, 0.4) is 0 Å². The molecule has 3 heteroatoms. The van der Waals surface area contributed by atoms with Crippen LogP contribution in [0.5, 0.6) is 0 Å². The minimum absolute atomic E-state index is 0.127. The molecule has 0 aliphatic carbocycles. The quantitative estimate of drug-likeness (QED) is 0.540. The zero-order valence-corrected chi connectivity index (χ0v) is 9.67. The largest absolute Gasteiger partial charge is 0.367 e. The fourth-order valence-corrected chi connectivity index (χ4v) is 1.86. The summed E-state index contributed by atoms with van der Waals surface area (Å²) in [5.74, 6) is 5.66. The molecular weight excluding hydrogens is 188 g/mol. The van der Waals surface area contributed by atoms with Gasteiger partial charge in [0.25, 0.3) is 0 Å². The molecule has 1 fully saturated rings. The fourth-order valence-electron chi connectivity index (χ4n) is 1.86. The molecule has 1 rings (SSSR count). The standard InChI is InChI=1S/C12H22N2O/c1-2-3-9-15-11-12(13)10-14-7-5-4-6-8-14/h12H,4-11,13H2,1H3. The van der Waals surface area contributed by atoms with Crippen molar-refractivity contribution >= 4 is 0 Å². The number of hydrogen-bond donors (Lipinski definition) is 1. The van der Waals surface area contributed by atoms with Gasteiger partial charge < -0.3 is 15.4 Å². The molecule has 1 aliphatic rings. The van der Waals surface area contributed by atoms with Crippen molar-refractivity contribution in [1.82, 2.24) is 4.90 Å². The highest BCUT2D eigenvalue weighted by atomic mass is 16.5. The minimum atomic E-state index is 0.127. The fraction of sp³-hybridized carbons (Fsp3) is 0.833. The summed E-state index contributed by atoms with van der Waals surface area (Å²) >= 11 is 0. The molecule has 1 unspecified atom stereocenters. The van der Waals surface area contributed by atoms with Crippen LogP contribution in [0.2, 0.25) is 0 Å². The lowest BCUT2D eigenvalue weighted by atomic mass is 10.1. The number of rotatable bonds is 5. The first-order valence-corrected chi connectivity index (χ1v) is 5.78. The van der Waals surface area contributed by atoms with Gasteiger partial charge in [0.15, 0.2) is 0 Å². The number of hydrogen-bond acceptors (Lipinski definition) is 3. The second-order valence-electron chi connectivity index (χ2n) is 4.06. The molecule has 1 saturated heterocycles. The van der Waals surface area contributed by atoms with Crippen molar-refractivity contribution in [2.45, 2.75) is 32.2 Å². The van der Waals surface area contributed by atoms with Gasteiger partial charge in [0.1, 0.15) is 6.61 Å². The maximum Gasteiger partial charge on any atom is 0.107 e. The summed E-state index contributed by atoms with van der Waals surface area (Å²) in [6.07, 6.45) is 4.00. The van der Waals surface area contributed by atoms with Crippen molar-refractivity contribution in [3.05, 3.63) is 0 Å². The second-order valence-corrected chi connectivity index (χ2v) is 4.06. The summed E-state index contributed by atoms with van der Waals surface area (Å²) < 4.78 is 5.35. The van der Waals surface area contributed by atoms with E-state index in [0.29, 0.717) is 13.2 Å². The van der Waals surface area contributed by atoms with Crippen molar-refractivity contribution in [3.8, 4) is 11.8 Å². The summed E-state index contributed by atoms with van der Waals surface area (Å²) in [5.41, 5.74) is 5.97. The molecule has 1 atom stereocenters. The van der Waals surface area contributed by atoms with Gasteiger partial charge >= 0.3 is 0 Å². The van der Waals surface area contributed by atoms with E-state index in [1.165, 1.54) is 32.4 Å². The minimum Gasteiger partial charge on any atom is -0.367 e. The van der Waals surface area contributed by atoms with E-state index in [9.17, 15) is 0 Å². The van der Waals surface area contributed by atoms with Gasteiger partial charge in [0, 0.05) is 12.6 Å². The van der Waals surface area contributed by atoms with Crippen LogP contribution in [0.1, 0.15) is 26.2 Å². The van der Waals surface area contributed by atoms with Gasteiger partial charge in [0.05, 0.1) is 6.61 Å². The van der Waals surface area contributed by atoms with Gasteiger partial charge in [0.2, 0.25) is 0 Å². The first-order valence-electron chi connectivity index (χ1n) is 5.78. The Hall–Kier alpha value is -0.560. The third kappa shape index (κ3) is 5.78. The summed E-state index contributed by atoms with van der Waals surface area (Å²) in [7, 11) is 0. The van der Waals surface area contributed by atoms with E-state index >= 15 is 0 Å². The predicted molar refractivity (Wildman–Crippen MR) is 62.5 cm³/mol. The second kappa shape index (κ2) is 7.70. The normalized spacial score (nSPS) is 19.3. The smallest absolute Gasteiger partial charge is 0.107 e. The average molecular weight is 210 g/mol. The van der Waals surface area contributed by atoms with Gasteiger partial charge in [-0.25, -0.2) is 0 Å². The number of nitrogens with zero attached hydrogens (tertiary/aromatic N) is 1. The maximum atomic E-state index is 5.97. The van der Waals surface area contributed by atoms with Gasteiger partial charge in [-0.2, -0.15) is 0 Å². The van der Waals surface area contributed by atoms with Gasteiger partial charge in [-0.05, 0) is 32.9 Å². The molecule has 1 heterocycles. The van der Waals surface area contributed by atoms with E-state index in [1.54, 1.807) is 0 Å². The van der Waals surface area contributed by atoms with Crippen molar-refractivity contribution in [2.24, 2.45) is 5.73 Å². The Labute approximate surface area is 93.0 Å². The van der Waals surface area contributed by atoms with Crippen molar-refractivity contribution < 1.29 is 4.74 Å². The summed E-state index contributed by atoms with van der Waals surface area (Å²) in [6.45, 7) is 6.29. The first kappa shape index (κ1) is 12.5. The number of likely N-dealkylation sites (tertiary alicyclic amines) is 1. The Morgan fingerprint density at radius 2 is 2.07 bits per heavy atom. The monoisotopic (exact) mass is 210 g/mol. The lowest BCUT2D eigenvalue weighted by Gasteiger charge is -2.28. The molecule has 0 aromatic rings. The van der Waals surface area contributed by atoms with E-state index < -0.39 is 0 Å². The van der Waals surface area contributed by atoms with Crippen LogP contribution in [-0.2, 0) is 4.74 Å². The van der Waals surface area contributed by atoms with Crippen LogP contribution in [0, 0.1) is 11.8 Å². The number of ether oxygens (including phenoxy) is 1. The molecule has 1 aliphatic heterocycles. The van der Waals surface area contributed by atoms with Crippen molar-refractivity contribution in [3.63, 3.8) is 0 Å². The maximum absolute atomic E-state index is 5.97. The third-order valence-corrected chi connectivity index (χ3v) is 2.62. The Balaban J connectivity index is 2.05. The molecule has 86 valence electrons. The van der Waals surface area contributed by atoms with E-state index in [4.69, 9.17) is 10.5 Å². The highest BCUT2D eigenvalue weighted by Crippen LogP contribution is 2.08. The van der Waals surface area contributed by atoms with E-state index in [2.05, 4.69) is 16.7 Å². The molecule has 0 aromatic carbocycles. The van der Waals surface area contributed by atoms with Crippen LogP contribution in [0.15, 0.2) is 0 Å². The van der Waals surface area contributed by atoms with E-state index in [1.807, 2.05) is 6.92 Å². The highest BCUT2D eigenvalue weighted by molar-refractivity contribution is 4.94. The van der Waals surface area contributed by atoms with E-state index in [-0.39, 0.29) is 6.04 Å². The van der Waals surface area contributed by atoms with Crippen LogP contribution in [-0.4, -0.2) is 43.8 Å². The van der Waals surface area contributed by atoms with Gasteiger partial charge in [-0.1, -0.05) is 12.3 Å². The lowest BCUT2D eigenvalue weighted by molar-refractivity contribution is 0.125. The molecule has 3 nitrogen and oxygen atoms in total. The summed E-state index contributed by atoms with van der Waals surface area (Å²) in [4.78, 5) is 2.43. The Bertz CT molecular complexity index is 213. The average Bonchev–Trinajstić information content (AvgIpc) is 2.26. The van der Waals surface area contributed by atoms with E-state index in [0.717, 1.165) is 6.54 Å². The van der Waals surface area contributed by atoms with Crippen LogP contribution >= 0.6 is 0 Å². The lowest BCUT2D eigenvalue weighted by Crippen LogP contribution is -2.42. The summed E-state index contributed by atoms with van der Waals surface area (Å²) in [6, 6.07) is 0.127. The van der Waals surface area contributed by atoms with Gasteiger partial charge in [-0.3, -0.25) is 0 Å². The molecule has 0 aromatic heterocycles. The topological polar surface area (TPSA) is 38.5 Å². The highest BCUT2D eigenvalue weighted by Gasteiger charge is 2.13. The molecule has 15 heavy (non-hydrogen) atoms. The Kier molecular flexibility index (Phi) is 6.42. The van der Waals surface area contributed by atoms with Crippen LogP contribution in [0.4, 0.5) is 0 Å². The Morgan fingerprint density at radius 3 is 2.73 bits per heavy atom. The molecule has 0 spiro atoms. The Morgan fingerprint density at radius 1 is 1.33 bits per heavy atom. The van der Waals surface area contributed by atoms with Crippen LogP contribution in [0.25, 0.3) is 0 Å². The van der Waals surface area contributed by atoms with Crippen molar-refractivity contribution in [2.75, 3.05) is 32.8 Å². The molecule has 0 radical (unpaired) electrons. The first-order chi connectivity index (χ1) is 7.33.